The van der Waals surface area contributed by atoms with Gasteiger partial charge in [-0.05, 0) is 45.2 Å². The Balaban J connectivity index is 0.00000280. The average molecular weight is 507 g/mol. The third-order valence-electron chi connectivity index (χ3n) is 6.34. The van der Waals surface area contributed by atoms with Gasteiger partial charge in [0.15, 0.2) is 5.96 Å². The lowest BCUT2D eigenvalue weighted by Crippen LogP contribution is -2.59. The standard InChI is InChI=1S/C20H37N5O2.HI/c1-16(2)18(26)24-11-6-17(14-24)23-19(21-3)22-15-20(7-12-27-13-8-20)25-9-4-5-10-25;/h16-17H,4-15H2,1-3H3,(H2,21,22,23);1H. The van der Waals surface area contributed by atoms with E-state index in [4.69, 9.17) is 4.74 Å². The molecule has 0 aromatic rings. The molecule has 0 bridgehead atoms. The number of carbonyl (C=O) groups excluding carboxylic acids is 1. The van der Waals surface area contributed by atoms with Crippen LogP contribution in [0.2, 0.25) is 0 Å². The molecule has 1 amide bonds. The molecular formula is C20H38IN5O2. The largest absolute Gasteiger partial charge is 0.381 e. The normalized spacial score (nSPS) is 25.6. The number of nitrogens with one attached hydrogen (secondary N) is 2. The van der Waals surface area contributed by atoms with Crippen molar-refractivity contribution in [1.82, 2.24) is 20.4 Å². The van der Waals surface area contributed by atoms with E-state index in [1.807, 2.05) is 25.8 Å². The van der Waals surface area contributed by atoms with Gasteiger partial charge >= 0.3 is 0 Å². The quantitative estimate of drug-likeness (QED) is 0.337. The van der Waals surface area contributed by atoms with Gasteiger partial charge in [-0.1, -0.05) is 13.8 Å². The van der Waals surface area contributed by atoms with Crippen molar-refractivity contribution in [3.63, 3.8) is 0 Å². The maximum Gasteiger partial charge on any atom is 0.225 e. The topological polar surface area (TPSA) is 69.2 Å². The number of likely N-dealkylation sites (tertiary alicyclic amines) is 2. The highest BCUT2D eigenvalue weighted by Crippen LogP contribution is 2.30. The van der Waals surface area contributed by atoms with Crippen molar-refractivity contribution in [3.05, 3.63) is 0 Å². The van der Waals surface area contributed by atoms with E-state index in [0.717, 1.165) is 58.1 Å². The summed E-state index contributed by atoms with van der Waals surface area (Å²) in [6.45, 7) is 10.5. The average Bonchev–Trinajstić information content (AvgIpc) is 3.37. The third kappa shape index (κ3) is 5.72. The number of guanidine groups is 1. The number of ether oxygens (including phenoxy) is 1. The summed E-state index contributed by atoms with van der Waals surface area (Å²) in [7, 11) is 1.83. The molecule has 0 aliphatic carbocycles. The highest BCUT2D eigenvalue weighted by atomic mass is 127. The Morgan fingerprint density at radius 3 is 2.50 bits per heavy atom. The van der Waals surface area contributed by atoms with Gasteiger partial charge < -0.3 is 20.3 Å². The molecule has 0 aromatic heterocycles. The van der Waals surface area contributed by atoms with Crippen LogP contribution in [0.15, 0.2) is 4.99 Å². The van der Waals surface area contributed by atoms with Crippen LogP contribution in [-0.2, 0) is 9.53 Å². The summed E-state index contributed by atoms with van der Waals surface area (Å²) in [6.07, 6.45) is 5.74. The highest BCUT2D eigenvalue weighted by molar-refractivity contribution is 14.0. The lowest BCUT2D eigenvalue weighted by molar-refractivity contribution is -0.133. The number of rotatable bonds is 5. The maximum atomic E-state index is 12.2. The third-order valence-corrected chi connectivity index (χ3v) is 6.34. The predicted octanol–water partition coefficient (Wildman–Crippen LogP) is 1.67. The van der Waals surface area contributed by atoms with Gasteiger partial charge in [-0.15, -0.1) is 24.0 Å². The number of carbonyl (C=O) groups is 1. The van der Waals surface area contributed by atoms with E-state index in [1.165, 1.54) is 25.9 Å². The van der Waals surface area contributed by atoms with E-state index >= 15 is 0 Å². The Hall–Kier alpha value is -0.610. The molecular weight excluding hydrogens is 469 g/mol. The minimum absolute atomic E-state index is 0. The second kappa shape index (κ2) is 11.0. The molecule has 2 N–H and O–H groups in total. The zero-order chi connectivity index (χ0) is 19.3. The highest BCUT2D eigenvalue weighted by Gasteiger charge is 2.39. The summed E-state index contributed by atoms with van der Waals surface area (Å²) < 4.78 is 5.64. The number of hydrogen-bond donors (Lipinski definition) is 2. The summed E-state index contributed by atoms with van der Waals surface area (Å²) >= 11 is 0. The van der Waals surface area contributed by atoms with Gasteiger partial charge in [-0.2, -0.15) is 0 Å². The van der Waals surface area contributed by atoms with Crippen molar-refractivity contribution < 1.29 is 9.53 Å². The monoisotopic (exact) mass is 507 g/mol. The van der Waals surface area contributed by atoms with Crippen LogP contribution in [0.5, 0.6) is 0 Å². The van der Waals surface area contributed by atoms with Crippen LogP contribution in [0.25, 0.3) is 0 Å². The van der Waals surface area contributed by atoms with Gasteiger partial charge in [-0.25, -0.2) is 0 Å². The summed E-state index contributed by atoms with van der Waals surface area (Å²) in [5, 5.41) is 7.12. The number of hydrogen-bond acceptors (Lipinski definition) is 4. The van der Waals surface area contributed by atoms with E-state index in [-0.39, 0.29) is 47.4 Å². The smallest absolute Gasteiger partial charge is 0.225 e. The molecule has 0 radical (unpaired) electrons. The van der Waals surface area contributed by atoms with Gasteiger partial charge in [0.25, 0.3) is 0 Å². The van der Waals surface area contributed by atoms with Gasteiger partial charge in [0.2, 0.25) is 5.91 Å². The zero-order valence-electron chi connectivity index (χ0n) is 17.7. The first kappa shape index (κ1) is 23.7. The first-order valence-electron chi connectivity index (χ1n) is 10.6. The summed E-state index contributed by atoms with van der Waals surface area (Å²) in [4.78, 5) is 21.3. The van der Waals surface area contributed by atoms with Crippen molar-refractivity contribution in [2.75, 3.05) is 53.0 Å². The minimum atomic E-state index is 0. The Labute approximate surface area is 187 Å². The van der Waals surface area contributed by atoms with Gasteiger partial charge in [0.05, 0.1) is 0 Å². The molecule has 1 unspecified atom stereocenters. The summed E-state index contributed by atoms with van der Waals surface area (Å²) in [5.41, 5.74) is 0.182. The summed E-state index contributed by atoms with van der Waals surface area (Å²) in [6, 6.07) is 0.274. The zero-order valence-corrected chi connectivity index (χ0v) is 20.0. The molecule has 3 saturated heterocycles. The van der Waals surface area contributed by atoms with E-state index in [2.05, 4.69) is 20.5 Å². The molecule has 3 aliphatic heterocycles. The molecule has 8 heteroatoms. The van der Waals surface area contributed by atoms with Crippen LogP contribution in [0.3, 0.4) is 0 Å². The van der Waals surface area contributed by atoms with Crippen molar-refractivity contribution >= 4 is 35.8 Å². The molecule has 7 nitrogen and oxygen atoms in total. The van der Waals surface area contributed by atoms with E-state index in [9.17, 15) is 4.79 Å². The Morgan fingerprint density at radius 1 is 1.21 bits per heavy atom. The lowest BCUT2D eigenvalue weighted by atomic mass is 9.88. The summed E-state index contributed by atoms with van der Waals surface area (Å²) in [5.74, 6) is 1.16. The molecule has 0 saturated carbocycles. The molecule has 162 valence electrons. The fourth-order valence-corrected chi connectivity index (χ4v) is 4.63. The van der Waals surface area contributed by atoms with Crippen LogP contribution in [0.4, 0.5) is 0 Å². The van der Waals surface area contributed by atoms with Gasteiger partial charge in [0.1, 0.15) is 0 Å². The molecule has 0 spiro atoms. The molecule has 3 heterocycles. The number of aliphatic imine (C=N–C) groups is 1. The fourth-order valence-electron chi connectivity index (χ4n) is 4.63. The molecule has 3 fully saturated rings. The molecule has 1 atom stereocenters. The number of halogens is 1. The lowest BCUT2D eigenvalue weighted by Gasteiger charge is -2.45. The van der Waals surface area contributed by atoms with E-state index in [1.54, 1.807) is 0 Å². The Morgan fingerprint density at radius 2 is 1.89 bits per heavy atom. The molecule has 3 aliphatic rings. The Bertz CT molecular complexity index is 531. The number of amides is 1. The van der Waals surface area contributed by atoms with Crippen molar-refractivity contribution in [2.45, 2.75) is 57.5 Å². The first-order chi connectivity index (χ1) is 13.0. The van der Waals surface area contributed by atoms with Crippen LogP contribution >= 0.6 is 24.0 Å². The fraction of sp³-hybridized carbons (Fsp3) is 0.900. The van der Waals surface area contributed by atoms with Gasteiger partial charge in [-0.3, -0.25) is 14.7 Å². The van der Waals surface area contributed by atoms with E-state index < -0.39 is 0 Å². The van der Waals surface area contributed by atoms with Crippen molar-refractivity contribution in [3.8, 4) is 0 Å². The van der Waals surface area contributed by atoms with Crippen molar-refractivity contribution in [1.29, 1.82) is 0 Å². The first-order valence-corrected chi connectivity index (χ1v) is 10.6. The molecule has 28 heavy (non-hydrogen) atoms. The Kier molecular flexibility index (Phi) is 9.27. The SMILES string of the molecule is CN=C(NCC1(N2CCCC2)CCOCC1)NC1CCN(C(=O)C(C)C)C1.I. The second-order valence-corrected chi connectivity index (χ2v) is 8.53. The van der Waals surface area contributed by atoms with Gasteiger partial charge in [0, 0.05) is 57.4 Å². The van der Waals surface area contributed by atoms with Crippen LogP contribution in [0.1, 0.15) is 46.0 Å². The molecule has 3 rings (SSSR count). The van der Waals surface area contributed by atoms with Crippen LogP contribution in [0, 0.1) is 5.92 Å². The number of nitrogens with zero attached hydrogens (tertiary/aromatic N) is 3. The van der Waals surface area contributed by atoms with Crippen LogP contribution < -0.4 is 10.6 Å². The molecule has 0 aromatic carbocycles. The van der Waals surface area contributed by atoms with Crippen molar-refractivity contribution in [2.24, 2.45) is 10.9 Å². The van der Waals surface area contributed by atoms with E-state index in [0.29, 0.717) is 0 Å². The van der Waals surface area contributed by atoms with Crippen LogP contribution in [-0.4, -0.2) is 86.2 Å². The predicted molar refractivity (Wildman–Crippen MR) is 123 cm³/mol. The second-order valence-electron chi connectivity index (χ2n) is 8.53. The minimum Gasteiger partial charge on any atom is -0.381 e. The maximum absolute atomic E-state index is 12.2.